The van der Waals surface area contributed by atoms with E-state index in [1.54, 1.807) is 49.4 Å². The third kappa shape index (κ3) is 8.97. The Labute approximate surface area is 260 Å². The molecule has 2 amide bonds. The van der Waals surface area contributed by atoms with Crippen LogP contribution in [0, 0.1) is 0 Å². The van der Waals surface area contributed by atoms with E-state index >= 15 is 0 Å². The monoisotopic (exact) mass is 625 g/mol. The average molecular weight is 626 g/mol. The maximum Gasteiger partial charge on any atom is 0.244 e. The molecule has 10 heteroatoms. The van der Waals surface area contributed by atoms with E-state index in [4.69, 9.17) is 16.3 Å². The number of ether oxygens (including phenoxy) is 1. The zero-order valence-electron chi connectivity index (χ0n) is 24.7. The molecule has 43 heavy (non-hydrogen) atoms. The van der Waals surface area contributed by atoms with Crippen molar-refractivity contribution in [1.29, 1.82) is 0 Å². The molecular weight excluding hydrogens is 586 g/mol. The van der Waals surface area contributed by atoms with Crippen molar-refractivity contribution in [3.05, 3.63) is 95.0 Å². The number of para-hydroxylation sites is 2. The average Bonchev–Trinajstić information content (AvgIpc) is 2.99. The van der Waals surface area contributed by atoms with Gasteiger partial charge in [-0.05, 0) is 49.1 Å². The molecule has 0 heterocycles. The molecule has 0 saturated heterocycles. The number of benzene rings is 3. The van der Waals surface area contributed by atoms with E-state index in [0.717, 1.165) is 48.2 Å². The van der Waals surface area contributed by atoms with Crippen molar-refractivity contribution >= 4 is 39.1 Å². The van der Waals surface area contributed by atoms with Crippen molar-refractivity contribution in [2.24, 2.45) is 0 Å². The third-order valence-corrected chi connectivity index (χ3v) is 9.13. The Morgan fingerprint density at radius 2 is 1.60 bits per heavy atom. The van der Waals surface area contributed by atoms with Gasteiger partial charge in [-0.3, -0.25) is 13.9 Å². The largest absolute Gasteiger partial charge is 0.492 e. The number of carbonyl (C=O) groups is 2. The minimum Gasteiger partial charge on any atom is -0.492 e. The second-order valence-corrected chi connectivity index (χ2v) is 13.1. The Balaban J connectivity index is 1.75. The zero-order valence-corrected chi connectivity index (χ0v) is 26.3. The minimum absolute atomic E-state index is 0.0266. The van der Waals surface area contributed by atoms with Gasteiger partial charge in [0.15, 0.2) is 0 Å². The standard InChI is InChI=1S/C33H40ClN3O5S/c1-3-42-31-21-13-12-20-29(31)37(43(2,40)41)24-32(38)36(23-26-16-10-11-19-28(26)34)30(22-25-14-6-4-7-15-25)33(39)35-27-17-8-5-9-18-27/h4,6-7,10-16,19-21,27,30H,3,5,8-9,17-18,22-24H2,1-2H3,(H,35,39)/t30-/m1/s1. The molecule has 0 aliphatic heterocycles. The van der Waals surface area contributed by atoms with Crippen molar-refractivity contribution in [3.8, 4) is 5.75 Å². The fraction of sp³-hybridized carbons (Fsp3) is 0.394. The van der Waals surface area contributed by atoms with E-state index in [0.29, 0.717) is 22.9 Å². The Morgan fingerprint density at radius 1 is 0.953 bits per heavy atom. The van der Waals surface area contributed by atoms with Crippen LogP contribution < -0.4 is 14.4 Å². The highest BCUT2D eigenvalue weighted by atomic mass is 35.5. The Morgan fingerprint density at radius 3 is 2.28 bits per heavy atom. The van der Waals surface area contributed by atoms with Gasteiger partial charge in [-0.25, -0.2) is 8.42 Å². The summed E-state index contributed by atoms with van der Waals surface area (Å²) in [5, 5.41) is 3.65. The summed E-state index contributed by atoms with van der Waals surface area (Å²) < 4.78 is 33.0. The Kier molecular flexibility index (Phi) is 11.5. The van der Waals surface area contributed by atoms with Crippen LogP contribution in [0.1, 0.15) is 50.2 Å². The Bertz CT molecular complexity index is 1480. The molecule has 1 fully saturated rings. The van der Waals surface area contributed by atoms with Crippen LogP contribution in [0.5, 0.6) is 5.75 Å². The van der Waals surface area contributed by atoms with E-state index in [1.807, 2.05) is 36.4 Å². The number of amides is 2. The molecule has 1 saturated carbocycles. The Hall–Kier alpha value is -3.56. The number of hydrogen-bond acceptors (Lipinski definition) is 5. The summed E-state index contributed by atoms with van der Waals surface area (Å²) >= 11 is 6.54. The lowest BCUT2D eigenvalue weighted by Crippen LogP contribution is -2.55. The molecular formula is C33H40ClN3O5S. The van der Waals surface area contributed by atoms with E-state index in [-0.39, 0.29) is 30.6 Å². The molecule has 0 bridgehead atoms. The smallest absolute Gasteiger partial charge is 0.244 e. The molecule has 0 spiro atoms. The molecule has 1 N–H and O–H groups in total. The number of carbonyl (C=O) groups excluding carboxylic acids is 2. The second kappa shape index (κ2) is 15.3. The first kappa shape index (κ1) is 32.4. The van der Waals surface area contributed by atoms with Gasteiger partial charge in [-0.1, -0.05) is 91.5 Å². The van der Waals surface area contributed by atoms with Gasteiger partial charge < -0.3 is 15.0 Å². The fourth-order valence-corrected chi connectivity index (χ4v) is 6.49. The first-order valence-electron chi connectivity index (χ1n) is 14.7. The molecule has 230 valence electrons. The van der Waals surface area contributed by atoms with E-state index in [2.05, 4.69) is 5.32 Å². The van der Waals surface area contributed by atoms with Crippen molar-refractivity contribution in [1.82, 2.24) is 10.2 Å². The highest BCUT2D eigenvalue weighted by Gasteiger charge is 2.35. The number of sulfonamides is 1. The maximum atomic E-state index is 14.3. The third-order valence-electron chi connectivity index (χ3n) is 7.63. The summed E-state index contributed by atoms with van der Waals surface area (Å²) in [6, 6.07) is 22.5. The summed E-state index contributed by atoms with van der Waals surface area (Å²) in [6.45, 7) is 1.63. The first-order chi connectivity index (χ1) is 20.7. The van der Waals surface area contributed by atoms with Crippen LogP contribution in [0.15, 0.2) is 78.9 Å². The highest BCUT2D eigenvalue weighted by molar-refractivity contribution is 7.92. The van der Waals surface area contributed by atoms with Crippen LogP contribution in [-0.4, -0.2) is 56.6 Å². The molecule has 0 aromatic heterocycles. The van der Waals surface area contributed by atoms with E-state index < -0.39 is 28.5 Å². The maximum absolute atomic E-state index is 14.3. The summed E-state index contributed by atoms with van der Waals surface area (Å²) in [6.07, 6.45) is 6.30. The predicted molar refractivity (Wildman–Crippen MR) is 171 cm³/mol. The molecule has 4 rings (SSSR count). The van der Waals surface area contributed by atoms with Gasteiger partial charge in [0.05, 0.1) is 18.6 Å². The van der Waals surface area contributed by atoms with Crippen molar-refractivity contribution in [2.75, 3.05) is 23.7 Å². The van der Waals surface area contributed by atoms with Gasteiger partial charge in [-0.15, -0.1) is 0 Å². The van der Waals surface area contributed by atoms with Crippen LogP contribution >= 0.6 is 11.6 Å². The molecule has 1 atom stereocenters. The first-order valence-corrected chi connectivity index (χ1v) is 17.0. The van der Waals surface area contributed by atoms with E-state index in [1.165, 1.54) is 4.90 Å². The van der Waals surface area contributed by atoms with Crippen LogP contribution in [-0.2, 0) is 32.6 Å². The van der Waals surface area contributed by atoms with Gasteiger partial charge >= 0.3 is 0 Å². The number of hydrogen-bond donors (Lipinski definition) is 1. The molecule has 1 aliphatic rings. The van der Waals surface area contributed by atoms with Crippen LogP contribution in [0.25, 0.3) is 0 Å². The number of halogens is 1. The lowest BCUT2D eigenvalue weighted by Gasteiger charge is -2.35. The second-order valence-electron chi connectivity index (χ2n) is 10.8. The van der Waals surface area contributed by atoms with Gasteiger partial charge in [0, 0.05) is 24.0 Å². The lowest BCUT2D eigenvalue weighted by molar-refractivity contribution is -0.140. The van der Waals surface area contributed by atoms with Gasteiger partial charge in [-0.2, -0.15) is 0 Å². The predicted octanol–water partition coefficient (Wildman–Crippen LogP) is 5.59. The van der Waals surface area contributed by atoms with Crippen LogP contribution in [0.2, 0.25) is 5.02 Å². The molecule has 3 aromatic carbocycles. The summed E-state index contributed by atoms with van der Waals surface area (Å²) in [5.74, 6) is -0.454. The van der Waals surface area contributed by atoms with Crippen molar-refractivity contribution in [2.45, 2.75) is 64.1 Å². The summed E-state index contributed by atoms with van der Waals surface area (Å²) in [5.41, 5.74) is 1.79. The minimum atomic E-state index is -3.92. The topological polar surface area (TPSA) is 96.0 Å². The number of rotatable bonds is 13. The molecule has 1 aliphatic carbocycles. The molecule has 3 aromatic rings. The highest BCUT2D eigenvalue weighted by Crippen LogP contribution is 2.30. The quantitative estimate of drug-likeness (QED) is 0.267. The molecule has 0 unspecified atom stereocenters. The number of nitrogens with zero attached hydrogens (tertiary/aromatic N) is 2. The molecule has 0 radical (unpaired) electrons. The van der Waals surface area contributed by atoms with Crippen LogP contribution in [0.3, 0.4) is 0 Å². The van der Waals surface area contributed by atoms with E-state index in [9.17, 15) is 18.0 Å². The zero-order chi connectivity index (χ0) is 30.8. The lowest BCUT2D eigenvalue weighted by atomic mass is 9.94. The summed E-state index contributed by atoms with van der Waals surface area (Å²) in [7, 11) is -3.92. The normalized spacial score (nSPS) is 14.5. The van der Waals surface area contributed by atoms with Gasteiger partial charge in [0.25, 0.3) is 0 Å². The fourth-order valence-electron chi connectivity index (χ4n) is 5.44. The number of nitrogens with one attached hydrogen (secondary N) is 1. The van der Waals surface area contributed by atoms with Gasteiger partial charge in [0.2, 0.25) is 21.8 Å². The SMILES string of the molecule is CCOc1ccccc1N(CC(=O)N(Cc1ccccc1Cl)[C@H](Cc1ccccc1)C(=O)NC1CCCCC1)S(C)(=O)=O. The number of anilines is 1. The molecule has 8 nitrogen and oxygen atoms in total. The van der Waals surface area contributed by atoms with Crippen molar-refractivity contribution < 1.29 is 22.7 Å². The summed E-state index contributed by atoms with van der Waals surface area (Å²) in [4.78, 5) is 29.8. The van der Waals surface area contributed by atoms with Crippen LogP contribution in [0.4, 0.5) is 5.69 Å². The van der Waals surface area contributed by atoms with Crippen molar-refractivity contribution in [3.63, 3.8) is 0 Å². The van der Waals surface area contributed by atoms with Gasteiger partial charge in [0.1, 0.15) is 18.3 Å².